The van der Waals surface area contributed by atoms with Crippen LogP contribution in [0.3, 0.4) is 0 Å². The number of hydrogen-bond acceptors (Lipinski definition) is 1. The van der Waals surface area contributed by atoms with Gasteiger partial charge >= 0.3 is 0 Å². The lowest BCUT2D eigenvalue weighted by Gasteiger charge is -2.27. The highest BCUT2D eigenvalue weighted by atomic mass is 16.5. The molecule has 0 spiro atoms. The van der Waals surface area contributed by atoms with Gasteiger partial charge in [-0.15, -0.1) is 5.92 Å². The maximum Gasteiger partial charge on any atom is 0.180 e. The molecule has 1 heteroatoms. The van der Waals surface area contributed by atoms with Crippen molar-refractivity contribution < 1.29 is 4.74 Å². The van der Waals surface area contributed by atoms with Crippen molar-refractivity contribution in [3.63, 3.8) is 0 Å². The molecule has 2 aromatic rings. The predicted octanol–water partition coefficient (Wildman–Crippen LogP) is 6.31. The fourth-order valence-electron chi connectivity index (χ4n) is 3.80. The standard InChI is InChI=1S/C24H28O/c1-3-5-6-7-8-13-19-25-24(18-4-2)22-16-11-9-14-20(22)21-15-10-12-17-23(21)24/h9-12,14-17H,3,5-8,13,19H2,1-2H3. The second kappa shape index (κ2) is 8.37. The number of fused-ring (bicyclic) bond motifs is 3. The molecule has 0 bridgehead atoms. The van der Waals surface area contributed by atoms with E-state index in [1.54, 1.807) is 0 Å². The van der Waals surface area contributed by atoms with Crippen LogP contribution in [0.2, 0.25) is 0 Å². The van der Waals surface area contributed by atoms with E-state index in [-0.39, 0.29) is 0 Å². The Kier molecular flexibility index (Phi) is 5.95. The molecule has 1 aliphatic carbocycles. The monoisotopic (exact) mass is 332 g/mol. The van der Waals surface area contributed by atoms with Crippen LogP contribution in [-0.2, 0) is 10.3 Å². The Morgan fingerprint density at radius 3 is 1.96 bits per heavy atom. The Balaban J connectivity index is 1.81. The molecule has 0 aliphatic heterocycles. The summed E-state index contributed by atoms with van der Waals surface area (Å²) in [6, 6.07) is 17.1. The predicted molar refractivity (Wildman–Crippen MR) is 105 cm³/mol. The average Bonchev–Trinajstić information content (AvgIpc) is 2.93. The number of benzene rings is 2. The summed E-state index contributed by atoms with van der Waals surface area (Å²) in [7, 11) is 0. The van der Waals surface area contributed by atoms with E-state index in [0.29, 0.717) is 0 Å². The fraction of sp³-hybridized carbons (Fsp3) is 0.417. The van der Waals surface area contributed by atoms with Crippen molar-refractivity contribution in [3.05, 3.63) is 59.7 Å². The van der Waals surface area contributed by atoms with Crippen molar-refractivity contribution in [1.29, 1.82) is 0 Å². The first kappa shape index (κ1) is 17.8. The molecule has 3 rings (SSSR count). The summed E-state index contributed by atoms with van der Waals surface area (Å²) >= 11 is 0. The van der Waals surface area contributed by atoms with E-state index in [0.717, 1.165) is 13.0 Å². The third kappa shape index (κ3) is 3.51. The molecule has 0 aromatic heterocycles. The van der Waals surface area contributed by atoms with E-state index in [1.165, 1.54) is 54.4 Å². The topological polar surface area (TPSA) is 9.23 Å². The summed E-state index contributed by atoms with van der Waals surface area (Å²) in [6.45, 7) is 4.91. The molecule has 0 N–H and O–H groups in total. The molecule has 0 unspecified atom stereocenters. The maximum atomic E-state index is 6.52. The van der Waals surface area contributed by atoms with Crippen molar-refractivity contribution in [3.8, 4) is 23.0 Å². The van der Waals surface area contributed by atoms with Gasteiger partial charge in [-0.3, -0.25) is 0 Å². The van der Waals surface area contributed by atoms with Gasteiger partial charge in [-0.2, -0.15) is 0 Å². The quantitative estimate of drug-likeness (QED) is 0.406. The van der Waals surface area contributed by atoms with Crippen LogP contribution >= 0.6 is 0 Å². The first-order valence-corrected chi connectivity index (χ1v) is 9.60. The summed E-state index contributed by atoms with van der Waals surface area (Å²) in [5.74, 6) is 6.54. The van der Waals surface area contributed by atoms with Crippen LogP contribution in [0.25, 0.3) is 11.1 Å². The maximum absolute atomic E-state index is 6.52. The minimum atomic E-state index is -0.606. The number of ether oxygens (including phenoxy) is 1. The van der Waals surface area contributed by atoms with Gasteiger partial charge in [0.2, 0.25) is 0 Å². The van der Waals surface area contributed by atoms with E-state index in [2.05, 4.69) is 67.3 Å². The molecule has 1 aliphatic rings. The van der Waals surface area contributed by atoms with E-state index >= 15 is 0 Å². The molecule has 0 amide bonds. The number of unbranched alkanes of at least 4 members (excludes halogenated alkanes) is 5. The minimum Gasteiger partial charge on any atom is -0.354 e. The summed E-state index contributed by atoms with van der Waals surface area (Å²) in [4.78, 5) is 0. The Hall–Kier alpha value is -2.04. The zero-order valence-corrected chi connectivity index (χ0v) is 15.5. The molecule has 0 saturated carbocycles. The van der Waals surface area contributed by atoms with E-state index in [9.17, 15) is 0 Å². The average molecular weight is 332 g/mol. The number of rotatable bonds is 8. The van der Waals surface area contributed by atoms with Crippen LogP contribution in [0.1, 0.15) is 63.5 Å². The highest BCUT2D eigenvalue weighted by Crippen LogP contribution is 2.49. The molecule has 0 fully saturated rings. The lowest BCUT2D eigenvalue weighted by molar-refractivity contribution is 0.0271. The van der Waals surface area contributed by atoms with Crippen LogP contribution in [0.5, 0.6) is 0 Å². The van der Waals surface area contributed by atoms with Crippen LogP contribution in [0, 0.1) is 11.8 Å². The summed E-state index contributed by atoms with van der Waals surface area (Å²) < 4.78 is 6.52. The van der Waals surface area contributed by atoms with E-state index in [4.69, 9.17) is 4.74 Å². The van der Waals surface area contributed by atoms with Crippen molar-refractivity contribution in [2.75, 3.05) is 6.61 Å². The van der Waals surface area contributed by atoms with Gasteiger partial charge in [0.15, 0.2) is 5.60 Å². The third-order valence-corrected chi connectivity index (χ3v) is 5.02. The van der Waals surface area contributed by atoms with Crippen LogP contribution in [0.4, 0.5) is 0 Å². The van der Waals surface area contributed by atoms with Gasteiger partial charge in [-0.25, -0.2) is 0 Å². The summed E-state index contributed by atoms with van der Waals surface area (Å²) in [6.07, 6.45) is 7.60. The molecule has 0 saturated heterocycles. The van der Waals surface area contributed by atoms with Gasteiger partial charge in [-0.1, -0.05) is 93.5 Å². The number of hydrogen-bond donors (Lipinski definition) is 0. The zero-order chi connectivity index (χ0) is 17.5. The highest BCUT2D eigenvalue weighted by molar-refractivity contribution is 5.82. The SMILES string of the molecule is CC#CC1(OCCCCCCCC)c2ccccc2-c2ccccc21. The fourth-order valence-corrected chi connectivity index (χ4v) is 3.80. The van der Waals surface area contributed by atoms with Crippen molar-refractivity contribution >= 4 is 0 Å². The molecular formula is C24H28O. The Labute approximate surface area is 152 Å². The molecule has 2 aromatic carbocycles. The Morgan fingerprint density at radius 2 is 1.36 bits per heavy atom. The molecule has 25 heavy (non-hydrogen) atoms. The van der Waals surface area contributed by atoms with E-state index in [1.807, 2.05) is 6.92 Å². The van der Waals surface area contributed by atoms with Crippen LogP contribution in [0.15, 0.2) is 48.5 Å². The largest absolute Gasteiger partial charge is 0.354 e. The normalized spacial score (nSPS) is 13.7. The Morgan fingerprint density at radius 1 is 0.800 bits per heavy atom. The van der Waals surface area contributed by atoms with Gasteiger partial charge in [0.1, 0.15) is 0 Å². The van der Waals surface area contributed by atoms with Crippen LogP contribution < -0.4 is 0 Å². The van der Waals surface area contributed by atoms with Crippen molar-refractivity contribution in [2.45, 2.75) is 58.0 Å². The van der Waals surface area contributed by atoms with Crippen LogP contribution in [-0.4, -0.2) is 6.61 Å². The smallest absolute Gasteiger partial charge is 0.180 e. The lowest BCUT2D eigenvalue weighted by Crippen LogP contribution is -2.27. The van der Waals surface area contributed by atoms with Gasteiger partial charge in [0, 0.05) is 17.7 Å². The van der Waals surface area contributed by atoms with E-state index < -0.39 is 5.60 Å². The lowest BCUT2D eigenvalue weighted by atomic mass is 9.91. The first-order chi connectivity index (χ1) is 12.3. The second-order valence-corrected chi connectivity index (χ2v) is 6.76. The Bertz CT molecular complexity index is 717. The molecule has 1 nitrogen and oxygen atoms in total. The minimum absolute atomic E-state index is 0.606. The first-order valence-electron chi connectivity index (χ1n) is 9.60. The van der Waals surface area contributed by atoms with Crippen molar-refractivity contribution in [2.24, 2.45) is 0 Å². The summed E-state index contributed by atoms with van der Waals surface area (Å²) in [5.41, 5.74) is 4.28. The second-order valence-electron chi connectivity index (χ2n) is 6.76. The molecule has 0 radical (unpaired) electrons. The van der Waals surface area contributed by atoms with Crippen molar-refractivity contribution in [1.82, 2.24) is 0 Å². The molecule has 0 atom stereocenters. The van der Waals surface area contributed by atoms with Gasteiger partial charge < -0.3 is 4.74 Å². The zero-order valence-electron chi connectivity index (χ0n) is 15.5. The molecule has 0 heterocycles. The third-order valence-electron chi connectivity index (χ3n) is 5.02. The van der Waals surface area contributed by atoms with Gasteiger partial charge in [0.05, 0.1) is 0 Å². The highest BCUT2D eigenvalue weighted by Gasteiger charge is 2.42. The molecular weight excluding hydrogens is 304 g/mol. The summed E-state index contributed by atoms with van der Waals surface area (Å²) in [5, 5.41) is 0. The van der Waals surface area contributed by atoms with Gasteiger partial charge in [-0.05, 0) is 24.5 Å². The van der Waals surface area contributed by atoms with Gasteiger partial charge in [0.25, 0.3) is 0 Å². The molecule has 130 valence electrons.